The van der Waals surface area contributed by atoms with Gasteiger partial charge >= 0.3 is 0 Å². The summed E-state index contributed by atoms with van der Waals surface area (Å²) in [6.07, 6.45) is 3.14. The first-order chi connectivity index (χ1) is 7.90. The van der Waals surface area contributed by atoms with Gasteiger partial charge in [-0.05, 0) is 25.8 Å². The summed E-state index contributed by atoms with van der Waals surface area (Å²) < 4.78 is 20.2. The third-order valence-corrected chi connectivity index (χ3v) is 2.78. The van der Waals surface area contributed by atoms with Crippen molar-refractivity contribution in [3.05, 3.63) is 24.0 Å². The fourth-order valence-electron chi connectivity index (χ4n) is 1.67. The summed E-state index contributed by atoms with van der Waals surface area (Å²) in [6.45, 7) is 7.39. The molecule has 1 aromatic rings. The number of aromatic nitrogens is 1. The maximum atomic E-state index is 14.7. The highest BCUT2D eigenvalue weighted by Crippen LogP contribution is 2.34. The molecule has 0 spiro atoms. The van der Waals surface area contributed by atoms with Crippen LogP contribution >= 0.6 is 0 Å². The van der Waals surface area contributed by atoms with E-state index in [4.69, 9.17) is 10.5 Å². The van der Waals surface area contributed by atoms with Gasteiger partial charge in [0.25, 0.3) is 0 Å². The highest BCUT2D eigenvalue weighted by molar-refractivity contribution is 5.29. The van der Waals surface area contributed by atoms with E-state index in [2.05, 4.69) is 4.98 Å². The van der Waals surface area contributed by atoms with Gasteiger partial charge in [0.2, 0.25) is 0 Å². The fraction of sp³-hybridized carbons (Fsp3) is 0.615. The number of halogens is 1. The molecule has 0 aromatic carbocycles. The van der Waals surface area contributed by atoms with Gasteiger partial charge < -0.3 is 10.5 Å². The molecule has 0 radical (unpaired) electrons. The normalized spacial score (nSPS) is 15.1. The molecule has 1 rings (SSSR count). The second-order valence-electron chi connectivity index (χ2n) is 4.80. The monoisotopic (exact) mass is 240 g/mol. The zero-order chi connectivity index (χ0) is 13.1. The van der Waals surface area contributed by atoms with Crippen LogP contribution in [0, 0.1) is 5.92 Å². The molecule has 0 aliphatic heterocycles. The van der Waals surface area contributed by atoms with Crippen molar-refractivity contribution in [3.8, 4) is 5.75 Å². The molecular weight excluding hydrogens is 219 g/mol. The Morgan fingerprint density at radius 2 is 2.00 bits per heavy atom. The van der Waals surface area contributed by atoms with E-state index in [0.717, 1.165) is 0 Å². The number of nitrogens with zero attached hydrogens (tertiary/aromatic N) is 1. The van der Waals surface area contributed by atoms with E-state index < -0.39 is 5.67 Å². The SMILES string of the molecule is CC(C)Oc1cncc(C(F)(CN)C(C)C)c1. The molecule has 1 aromatic heterocycles. The molecule has 0 saturated heterocycles. The van der Waals surface area contributed by atoms with Crippen molar-refractivity contribution < 1.29 is 9.13 Å². The second-order valence-corrected chi connectivity index (χ2v) is 4.80. The second kappa shape index (κ2) is 5.45. The number of hydrogen-bond acceptors (Lipinski definition) is 3. The maximum absolute atomic E-state index is 14.7. The molecule has 1 unspecified atom stereocenters. The zero-order valence-corrected chi connectivity index (χ0v) is 10.9. The highest BCUT2D eigenvalue weighted by Gasteiger charge is 2.34. The first-order valence-electron chi connectivity index (χ1n) is 5.91. The third kappa shape index (κ3) is 3.16. The Morgan fingerprint density at radius 3 is 2.47 bits per heavy atom. The van der Waals surface area contributed by atoms with Crippen LogP contribution in [0.25, 0.3) is 0 Å². The fourth-order valence-corrected chi connectivity index (χ4v) is 1.67. The summed E-state index contributed by atoms with van der Waals surface area (Å²) in [5, 5.41) is 0. The molecule has 0 bridgehead atoms. The lowest BCUT2D eigenvalue weighted by molar-refractivity contribution is 0.108. The van der Waals surface area contributed by atoms with Gasteiger partial charge in [-0.3, -0.25) is 4.98 Å². The van der Waals surface area contributed by atoms with Crippen LogP contribution in [0.15, 0.2) is 18.5 Å². The van der Waals surface area contributed by atoms with E-state index in [-0.39, 0.29) is 18.6 Å². The summed E-state index contributed by atoms with van der Waals surface area (Å²) in [4.78, 5) is 4.01. The Hall–Kier alpha value is -1.16. The predicted octanol–water partition coefficient (Wildman–Crippen LogP) is 2.65. The largest absolute Gasteiger partial charge is 0.489 e. The van der Waals surface area contributed by atoms with Gasteiger partial charge in [0, 0.05) is 18.3 Å². The first-order valence-corrected chi connectivity index (χ1v) is 5.91. The smallest absolute Gasteiger partial charge is 0.152 e. The number of hydrogen-bond donors (Lipinski definition) is 1. The van der Waals surface area contributed by atoms with Gasteiger partial charge in [0.05, 0.1) is 12.3 Å². The molecule has 0 aliphatic rings. The van der Waals surface area contributed by atoms with E-state index in [1.807, 2.05) is 27.7 Å². The van der Waals surface area contributed by atoms with Crippen LogP contribution in [0.1, 0.15) is 33.3 Å². The highest BCUT2D eigenvalue weighted by atomic mass is 19.1. The summed E-state index contributed by atoms with van der Waals surface area (Å²) in [5.41, 5.74) is 4.48. The van der Waals surface area contributed by atoms with Crippen LogP contribution < -0.4 is 10.5 Å². The number of rotatable bonds is 5. The molecular formula is C13H21FN2O. The van der Waals surface area contributed by atoms with E-state index in [1.54, 1.807) is 12.3 Å². The average molecular weight is 240 g/mol. The van der Waals surface area contributed by atoms with Gasteiger partial charge in [0.1, 0.15) is 5.75 Å². The average Bonchev–Trinajstić information content (AvgIpc) is 2.27. The number of ether oxygens (including phenoxy) is 1. The van der Waals surface area contributed by atoms with Gasteiger partial charge in [0.15, 0.2) is 5.67 Å². The van der Waals surface area contributed by atoms with E-state index in [9.17, 15) is 4.39 Å². The minimum Gasteiger partial charge on any atom is -0.489 e. The third-order valence-electron chi connectivity index (χ3n) is 2.78. The summed E-state index contributed by atoms with van der Waals surface area (Å²) in [5.74, 6) is 0.372. The Balaban J connectivity index is 3.05. The van der Waals surface area contributed by atoms with Crippen molar-refractivity contribution in [2.75, 3.05) is 6.54 Å². The van der Waals surface area contributed by atoms with Crippen LogP contribution in [0.2, 0.25) is 0 Å². The number of nitrogens with two attached hydrogens (primary N) is 1. The summed E-state index contributed by atoms with van der Waals surface area (Å²) >= 11 is 0. The molecule has 1 atom stereocenters. The Labute approximate surface area is 102 Å². The molecule has 96 valence electrons. The first kappa shape index (κ1) is 13.9. The van der Waals surface area contributed by atoms with Crippen molar-refractivity contribution in [2.24, 2.45) is 11.7 Å². The minimum atomic E-state index is -1.55. The summed E-state index contributed by atoms with van der Waals surface area (Å²) in [7, 11) is 0. The minimum absolute atomic E-state index is 0.0398. The lowest BCUT2D eigenvalue weighted by atomic mass is 9.86. The molecule has 2 N–H and O–H groups in total. The Kier molecular flexibility index (Phi) is 4.46. The Bertz CT molecular complexity index is 368. The zero-order valence-electron chi connectivity index (χ0n) is 10.9. The molecule has 17 heavy (non-hydrogen) atoms. The van der Waals surface area contributed by atoms with Crippen LogP contribution in [-0.4, -0.2) is 17.6 Å². The van der Waals surface area contributed by atoms with Crippen molar-refractivity contribution in [2.45, 2.75) is 39.5 Å². The summed E-state index contributed by atoms with van der Waals surface area (Å²) in [6, 6.07) is 1.68. The lowest BCUT2D eigenvalue weighted by Gasteiger charge is -2.28. The standard InChI is InChI=1S/C13H21FN2O/c1-9(2)13(14,8-15)11-5-12(7-16-6-11)17-10(3)4/h5-7,9-10H,8,15H2,1-4H3. The molecule has 3 nitrogen and oxygen atoms in total. The van der Waals surface area contributed by atoms with Gasteiger partial charge in [-0.2, -0.15) is 0 Å². The van der Waals surface area contributed by atoms with Crippen LogP contribution in [-0.2, 0) is 5.67 Å². The van der Waals surface area contributed by atoms with Crippen molar-refractivity contribution in [3.63, 3.8) is 0 Å². The topological polar surface area (TPSA) is 48.1 Å². The number of alkyl halides is 1. The molecule has 0 saturated carbocycles. The quantitative estimate of drug-likeness (QED) is 0.860. The predicted molar refractivity (Wildman–Crippen MR) is 66.7 cm³/mol. The molecule has 0 amide bonds. The maximum Gasteiger partial charge on any atom is 0.152 e. The lowest BCUT2D eigenvalue weighted by Crippen LogP contribution is -2.35. The van der Waals surface area contributed by atoms with E-state index in [0.29, 0.717) is 11.3 Å². The van der Waals surface area contributed by atoms with Gasteiger partial charge in [-0.25, -0.2) is 4.39 Å². The van der Waals surface area contributed by atoms with Crippen LogP contribution in [0.5, 0.6) is 5.75 Å². The van der Waals surface area contributed by atoms with Gasteiger partial charge in [-0.15, -0.1) is 0 Å². The molecule has 4 heteroatoms. The van der Waals surface area contributed by atoms with Crippen LogP contribution in [0.3, 0.4) is 0 Å². The van der Waals surface area contributed by atoms with Gasteiger partial charge in [-0.1, -0.05) is 13.8 Å². The van der Waals surface area contributed by atoms with E-state index >= 15 is 0 Å². The van der Waals surface area contributed by atoms with E-state index in [1.165, 1.54) is 6.20 Å². The molecule has 0 aliphatic carbocycles. The van der Waals surface area contributed by atoms with Crippen molar-refractivity contribution in [1.29, 1.82) is 0 Å². The van der Waals surface area contributed by atoms with Crippen molar-refractivity contribution in [1.82, 2.24) is 4.98 Å². The molecule has 1 heterocycles. The van der Waals surface area contributed by atoms with Crippen LogP contribution in [0.4, 0.5) is 4.39 Å². The Morgan fingerprint density at radius 1 is 1.35 bits per heavy atom. The molecule has 0 fully saturated rings. The number of pyridine rings is 1. The van der Waals surface area contributed by atoms with Crippen molar-refractivity contribution >= 4 is 0 Å².